The van der Waals surface area contributed by atoms with E-state index in [1.54, 1.807) is 30.6 Å². The molecule has 1 heterocycles. The Kier molecular flexibility index (Phi) is 3.20. The average molecular weight is 178 g/mol. The minimum Gasteiger partial charge on any atom is -0.458 e. The lowest BCUT2D eigenvalue weighted by Crippen LogP contribution is -2.26. The third-order valence-corrected chi connectivity index (χ3v) is 1.55. The fraction of sp³-hybridized carbons (Fsp3) is 0.200. The Bertz CT molecular complexity index is 303. The van der Waals surface area contributed by atoms with Gasteiger partial charge in [0.25, 0.3) is 0 Å². The number of esters is 1. The molecule has 0 unspecified atom stereocenters. The van der Waals surface area contributed by atoms with Crippen LogP contribution in [0.5, 0.6) is 0 Å². The van der Waals surface area contributed by atoms with Crippen LogP contribution < -0.4 is 4.57 Å². The van der Waals surface area contributed by atoms with Gasteiger partial charge >= 0.3 is 5.97 Å². The minimum atomic E-state index is -0.319. The topological polar surface area (TPSA) is 30.2 Å². The lowest BCUT2D eigenvalue weighted by Gasteiger charge is -1.99. The van der Waals surface area contributed by atoms with Crippen molar-refractivity contribution in [2.75, 3.05) is 6.61 Å². The van der Waals surface area contributed by atoms with Gasteiger partial charge in [0.2, 0.25) is 0 Å². The predicted molar refractivity (Wildman–Crippen MR) is 48.1 cm³/mol. The zero-order valence-electron chi connectivity index (χ0n) is 7.56. The van der Waals surface area contributed by atoms with Gasteiger partial charge in [0.15, 0.2) is 12.4 Å². The Hall–Kier alpha value is -1.64. The molecule has 0 aliphatic carbocycles. The summed E-state index contributed by atoms with van der Waals surface area (Å²) in [4.78, 5) is 11.2. The number of aromatic nitrogens is 1. The molecule has 1 rings (SSSR count). The summed E-state index contributed by atoms with van der Waals surface area (Å²) in [6.07, 6.45) is 5.13. The van der Waals surface area contributed by atoms with Crippen molar-refractivity contribution in [1.29, 1.82) is 0 Å². The molecule has 0 aromatic carbocycles. The molecule has 0 atom stereocenters. The molecule has 1 aromatic rings. The van der Waals surface area contributed by atoms with Gasteiger partial charge in [0.1, 0.15) is 13.7 Å². The van der Waals surface area contributed by atoms with Crippen LogP contribution in [0.15, 0.2) is 37.2 Å². The van der Waals surface area contributed by atoms with Gasteiger partial charge in [0.05, 0.1) is 5.56 Å². The van der Waals surface area contributed by atoms with E-state index in [0.717, 1.165) is 0 Å². The van der Waals surface area contributed by atoms with Crippen LogP contribution >= 0.6 is 0 Å². The lowest BCUT2D eigenvalue weighted by molar-refractivity contribution is -0.671. The molecular formula is C10H12NO2+. The quantitative estimate of drug-likeness (QED) is 0.390. The number of rotatable bonds is 3. The molecule has 3 heteroatoms. The van der Waals surface area contributed by atoms with Crippen LogP contribution in [0.25, 0.3) is 0 Å². The van der Waals surface area contributed by atoms with Crippen molar-refractivity contribution in [3.8, 4) is 0 Å². The van der Waals surface area contributed by atoms with E-state index in [9.17, 15) is 4.79 Å². The normalized spacial score (nSPS) is 9.31. The summed E-state index contributed by atoms with van der Waals surface area (Å²) in [6.45, 7) is 3.71. The van der Waals surface area contributed by atoms with Gasteiger partial charge < -0.3 is 4.74 Å². The number of hydrogen-bond acceptors (Lipinski definition) is 2. The average Bonchev–Trinajstić information content (AvgIpc) is 2.15. The standard InChI is InChI=1S/C10H12NO2/c1-3-8-13-10(12)9-4-6-11(2)7-5-9/h3-7H,1,8H2,2H3/q+1. The highest BCUT2D eigenvalue weighted by Gasteiger charge is 2.06. The molecule has 68 valence electrons. The van der Waals surface area contributed by atoms with Crippen LogP contribution in [-0.2, 0) is 11.8 Å². The number of aryl methyl sites for hydroxylation is 1. The second-order valence-corrected chi connectivity index (χ2v) is 2.64. The van der Waals surface area contributed by atoms with Gasteiger partial charge in [-0.1, -0.05) is 12.7 Å². The van der Waals surface area contributed by atoms with Crippen molar-refractivity contribution in [1.82, 2.24) is 0 Å². The summed E-state index contributed by atoms with van der Waals surface area (Å²) >= 11 is 0. The van der Waals surface area contributed by atoms with Crippen LogP contribution in [0, 0.1) is 0 Å². The Balaban J connectivity index is 2.66. The van der Waals surface area contributed by atoms with Crippen molar-refractivity contribution < 1.29 is 14.1 Å². The number of ether oxygens (including phenoxy) is 1. The van der Waals surface area contributed by atoms with Gasteiger partial charge in [-0.2, -0.15) is 0 Å². The summed E-state index contributed by atoms with van der Waals surface area (Å²) in [5.41, 5.74) is 0.556. The summed E-state index contributed by atoms with van der Waals surface area (Å²) in [6, 6.07) is 3.43. The van der Waals surface area contributed by atoms with E-state index < -0.39 is 0 Å². The zero-order chi connectivity index (χ0) is 9.68. The first-order valence-corrected chi connectivity index (χ1v) is 3.97. The molecule has 0 spiro atoms. The molecule has 0 aliphatic rings. The van der Waals surface area contributed by atoms with Gasteiger partial charge in [-0.3, -0.25) is 0 Å². The summed E-state index contributed by atoms with van der Waals surface area (Å²) in [5.74, 6) is -0.319. The second kappa shape index (κ2) is 4.40. The van der Waals surface area contributed by atoms with E-state index in [2.05, 4.69) is 6.58 Å². The molecule has 0 amide bonds. The van der Waals surface area contributed by atoms with E-state index in [1.807, 2.05) is 11.6 Å². The number of carbonyl (C=O) groups excluding carboxylic acids is 1. The van der Waals surface area contributed by atoms with Crippen molar-refractivity contribution in [2.45, 2.75) is 0 Å². The Morgan fingerprint density at radius 2 is 2.23 bits per heavy atom. The number of pyridine rings is 1. The van der Waals surface area contributed by atoms with E-state index in [4.69, 9.17) is 4.74 Å². The number of carbonyl (C=O) groups is 1. The molecular weight excluding hydrogens is 166 g/mol. The smallest absolute Gasteiger partial charge is 0.338 e. The highest BCUT2D eigenvalue weighted by Crippen LogP contribution is 1.97. The molecule has 0 saturated heterocycles. The van der Waals surface area contributed by atoms with Crippen LogP contribution in [0.1, 0.15) is 10.4 Å². The van der Waals surface area contributed by atoms with E-state index in [-0.39, 0.29) is 12.6 Å². The Morgan fingerprint density at radius 1 is 1.62 bits per heavy atom. The first kappa shape index (κ1) is 9.45. The fourth-order valence-corrected chi connectivity index (χ4v) is 0.855. The van der Waals surface area contributed by atoms with E-state index in [0.29, 0.717) is 5.56 Å². The van der Waals surface area contributed by atoms with E-state index in [1.165, 1.54) is 0 Å². The van der Waals surface area contributed by atoms with Crippen molar-refractivity contribution >= 4 is 5.97 Å². The predicted octanol–water partition coefficient (Wildman–Crippen LogP) is 0.854. The Morgan fingerprint density at radius 3 is 2.77 bits per heavy atom. The zero-order valence-corrected chi connectivity index (χ0v) is 7.56. The highest BCUT2D eigenvalue weighted by atomic mass is 16.5. The van der Waals surface area contributed by atoms with Gasteiger partial charge in [0, 0.05) is 12.1 Å². The first-order valence-electron chi connectivity index (χ1n) is 3.97. The first-order chi connectivity index (χ1) is 6.24. The third-order valence-electron chi connectivity index (χ3n) is 1.55. The van der Waals surface area contributed by atoms with Gasteiger partial charge in [-0.15, -0.1) is 0 Å². The molecule has 0 N–H and O–H groups in total. The van der Waals surface area contributed by atoms with Crippen LogP contribution in [0.4, 0.5) is 0 Å². The monoisotopic (exact) mass is 178 g/mol. The molecule has 0 radical (unpaired) electrons. The molecule has 0 aliphatic heterocycles. The number of nitrogens with zero attached hydrogens (tertiary/aromatic N) is 1. The van der Waals surface area contributed by atoms with Crippen molar-refractivity contribution in [3.63, 3.8) is 0 Å². The maximum absolute atomic E-state index is 11.2. The van der Waals surface area contributed by atoms with Crippen molar-refractivity contribution in [2.24, 2.45) is 7.05 Å². The summed E-state index contributed by atoms with van der Waals surface area (Å²) in [7, 11) is 1.89. The molecule has 0 fully saturated rings. The van der Waals surface area contributed by atoms with Crippen LogP contribution in [0.2, 0.25) is 0 Å². The summed E-state index contributed by atoms with van der Waals surface area (Å²) < 4.78 is 6.70. The summed E-state index contributed by atoms with van der Waals surface area (Å²) in [5, 5.41) is 0. The number of hydrogen-bond donors (Lipinski definition) is 0. The van der Waals surface area contributed by atoms with Gasteiger partial charge in [-0.25, -0.2) is 9.36 Å². The third kappa shape index (κ3) is 2.71. The Labute approximate surface area is 77.3 Å². The molecule has 1 aromatic heterocycles. The van der Waals surface area contributed by atoms with Gasteiger partial charge in [-0.05, 0) is 0 Å². The molecule has 0 saturated carbocycles. The van der Waals surface area contributed by atoms with E-state index >= 15 is 0 Å². The second-order valence-electron chi connectivity index (χ2n) is 2.64. The van der Waals surface area contributed by atoms with Crippen LogP contribution in [-0.4, -0.2) is 12.6 Å². The lowest BCUT2D eigenvalue weighted by atomic mass is 10.3. The SMILES string of the molecule is C=CCOC(=O)c1cc[n+](C)cc1. The largest absolute Gasteiger partial charge is 0.458 e. The molecule has 0 bridgehead atoms. The van der Waals surface area contributed by atoms with Crippen LogP contribution in [0.3, 0.4) is 0 Å². The molecule has 3 nitrogen and oxygen atoms in total. The minimum absolute atomic E-state index is 0.250. The van der Waals surface area contributed by atoms with Crippen molar-refractivity contribution in [3.05, 3.63) is 42.7 Å². The highest BCUT2D eigenvalue weighted by molar-refractivity contribution is 5.89. The maximum atomic E-state index is 11.2. The maximum Gasteiger partial charge on any atom is 0.338 e. The fourth-order valence-electron chi connectivity index (χ4n) is 0.855. The molecule has 13 heavy (non-hydrogen) atoms.